The first-order valence-electron chi connectivity index (χ1n) is 11.0. The number of hydrogen-bond donors (Lipinski definition) is 0. The molecule has 0 aromatic rings. The molecule has 0 saturated heterocycles. The van der Waals surface area contributed by atoms with Crippen LogP contribution < -0.4 is 0 Å². The molecule has 2 rings (SSSR count). The molecule has 0 unspecified atom stereocenters. The molecule has 2 aliphatic carbocycles. The van der Waals surface area contributed by atoms with Crippen LogP contribution >= 0.6 is 0 Å². The summed E-state index contributed by atoms with van der Waals surface area (Å²) in [4.78, 5) is 2.33. The van der Waals surface area contributed by atoms with Gasteiger partial charge in [0.15, 0.2) is 0 Å². The highest BCUT2D eigenvalue weighted by atomic mass is 15.0. The number of nitrogens with zero attached hydrogens (tertiary/aromatic N) is 1. The standard InChI is InChI=1S/C14H27N.C5H12.2C2H6/c1-12-10-14(11-12)7-4-13(5-8-14)6-9-15(2)3;1-4-5(2)3;2*1-2/h12-13H,4-11H2,1-3H3;5H,4H2,1-3H3;2*1-2H3. The highest BCUT2D eigenvalue weighted by Gasteiger charge is 2.43. The van der Waals surface area contributed by atoms with Gasteiger partial charge in [-0.05, 0) is 88.8 Å². The lowest BCUT2D eigenvalue weighted by molar-refractivity contribution is 0.00663. The molecule has 148 valence electrons. The zero-order chi connectivity index (χ0) is 19.2. The molecule has 2 aliphatic rings. The fraction of sp³-hybridized carbons (Fsp3) is 1.00. The smallest absolute Gasteiger partial charge is 0.00222 e. The van der Waals surface area contributed by atoms with Crippen molar-refractivity contribution < 1.29 is 0 Å². The van der Waals surface area contributed by atoms with Gasteiger partial charge in [0.25, 0.3) is 0 Å². The second kappa shape index (κ2) is 15.2. The Morgan fingerprint density at radius 1 is 0.958 bits per heavy atom. The average molecular weight is 342 g/mol. The Labute approximate surface area is 156 Å². The van der Waals surface area contributed by atoms with Gasteiger partial charge in [-0.2, -0.15) is 0 Å². The Hall–Kier alpha value is -0.0400. The van der Waals surface area contributed by atoms with Crippen molar-refractivity contribution in [1.82, 2.24) is 4.90 Å². The van der Waals surface area contributed by atoms with Crippen molar-refractivity contribution in [3.05, 3.63) is 0 Å². The van der Waals surface area contributed by atoms with Crippen LogP contribution in [0.4, 0.5) is 0 Å². The van der Waals surface area contributed by atoms with E-state index < -0.39 is 0 Å². The van der Waals surface area contributed by atoms with Crippen molar-refractivity contribution in [2.24, 2.45) is 23.2 Å². The molecule has 0 aromatic carbocycles. The van der Waals surface area contributed by atoms with Gasteiger partial charge in [-0.15, -0.1) is 0 Å². The summed E-state index contributed by atoms with van der Waals surface area (Å²) in [6.07, 6.45) is 11.9. The van der Waals surface area contributed by atoms with Crippen LogP contribution in [0.2, 0.25) is 0 Å². The van der Waals surface area contributed by atoms with E-state index in [9.17, 15) is 0 Å². The molecule has 1 nitrogen and oxygen atoms in total. The molecule has 24 heavy (non-hydrogen) atoms. The maximum absolute atomic E-state index is 2.42. The maximum atomic E-state index is 2.42. The molecule has 0 aromatic heterocycles. The number of rotatable bonds is 4. The van der Waals surface area contributed by atoms with Gasteiger partial charge in [-0.25, -0.2) is 0 Å². The van der Waals surface area contributed by atoms with E-state index in [1.807, 2.05) is 27.7 Å². The summed E-state index contributed by atoms with van der Waals surface area (Å²) in [7, 11) is 4.38. The Morgan fingerprint density at radius 2 is 1.38 bits per heavy atom. The third kappa shape index (κ3) is 11.5. The molecule has 2 saturated carbocycles. The van der Waals surface area contributed by atoms with Gasteiger partial charge < -0.3 is 4.90 Å². The van der Waals surface area contributed by atoms with Gasteiger partial charge in [0.05, 0.1) is 0 Å². The van der Waals surface area contributed by atoms with Gasteiger partial charge >= 0.3 is 0 Å². The summed E-state index contributed by atoms with van der Waals surface area (Å²) < 4.78 is 0. The Kier molecular flexibility index (Phi) is 16.6. The summed E-state index contributed by atoms with van der Waals surface area (Å²) >= 11 is 0. The molecule has 0 heterocycles. The molecular weight excluding hydrogens is 290 g/mol. The predicted molar refractivity (Wildman–Crippen MR) is 114 cm³/mol. The van der Waals surface area contributed by atoms with Crippen LogP contribution in [0.25, 0.3) is 0 Å². The third-order valence-electron chi connectivity index (χ3n) is 5.53. The Morgan fingerprint density at radius 3 is 1.67 bits per heavy atom. The fourth-order valence-corrected chi connectivity index (χ4v) is 3.85. The van der Waals surface area contributed by atoms with Gasteiger partial charge in [-0.1, -0.05) is 61.8 Å². The number of hydrogen-bond acceptors (Lipinski definition) is 1. The predicted octanol–water partition coefficient (Wildman–Crippen LogP) is 7.65. The first kappa shape index (κ1) is 26.2. The van der Waals surface area contributed by atoms with Crippen molar-refractivity contribution in [2.75, 3.05) is 20.6 Å². The van der Waals surface area contributed by atoms with Crippen LogP contribution in [0.5, 0.6) is 0 Å². The Balaban J connectivity index is 0. The lowest BCUT2D eigenvalue weighted by Crippen LogP contribution is -2.39. The SMILES string of the molecule is CC.CC.CC1CC2(CCC(CCN(C)C)CC2)C1.CCC(C)C. The third-order valence-corrected chi connectivity index (χ3v) is 5.53. The minimum absolute atomic E-state index is 0.827. The van der Waals surface area contributed by atoms with Crippen LogP contribution in [0.1, 0.15) is 107 Å². The van der Waals surface area contributed by atoms with E-state index >= 15 is 0 Å². The van der Waals surface area contributed by atoms with Gasteiger partial charge in [0, 0.05) is 0 Å². The zero-order valence-corrected chi connectivity index (χ0v) is 19.0. The van der Waals surface area contributed by atoms with E-state index in [2.05, 4.69) is 46.7 Å². The molecule has 0 atom stereocenters. The first-order valence-corrected chi connectivity index (χ1v) is 11.0. The molecule has 0 amide bonds. The minimum Gasteiger partial charge on any atom is -0.309 e. The largest absolute Gasteiger partial charge is 0.309 e. The highest BCUT2D eigenvalue weighted by Crippen LogP contribution is 2.55. The summed E-state index contributed by atoms with van der Waals surface area (Å²) in [5.74, 6) is 2.95. The maximum Gasteiger partial charge on any atom is -0.00222 e. The van der Waals surface area contributed by atoms with E-state index in [0.717, 1.165) is 23.2 Å². The average Bonchev–Trinajstić information content (AvgIpc) is 2.57. The quantitative estimate of drug-likeness (QED) is 0.507. The van der Waals surface area contributed by atoms with Crippen molar-refractivity contribution >= 4 is 0 Å². The summed E-state index contributed by atoms with van der Waals surface area (Å²) in [6.45, 7) is 18.3. The van der Waals surface area contributed by atoms with Gasteiger partial charge in [0.2, 0.25) is 0 Å². The lowest BCUT2D eigenvalue weighted by Gasteiger charge is -2.51. The van der Waals surface area contributed by atoms with Crippen LogP contribution in [0.3, 0.4) is 0 Å². The zero-order valence-electron chi connectivity index (χ0n) is 19.0. The minimum atomic E-state index is 0.827. The van der Waals surface area contributed by atoms with Crippen molar-refractivity contribution in [1.29, 1.82) is 0 Å². The monoisotopic (exact) mass is 341 g/mol. The normalized spacial score (nSPS) is 28.0. The highest BCUT2D eigenvalue weighted by molar-refractivity contribution is 4.95. The van der Waals surface area contributed by atoms with Gasteiger partial charge in [0.1, 0.15) is 0 Å². The molecule has 2 fully saturated rings. The fourth-order valence-electron chi connectivity index (χ4n) is 3.85. The molecular formula is C23H51N. The van der Waals surface area contributed by atoms with E-state index in [4.69, 9.17) is 0 Å². The second-order valence-electron chi connectivity index (χ2n) is 8.35. The first-order chi connectivity index (χ1) is 11.4. The van der Waals surface area contributed by atoms with E-state index in [1.165, 1.54) is 57.9 Å². The Bertz CT molecular complexity index is 241. The van der Waals surface area contributed by atoms with Crippen molar-refractivity contribution in [3.63, 3.8) is 0 Å². The van der Waals surface area contributed by atoms with Crippen LogP contribution in [0.15, 0.2) is 0 Å². The summed E-state index contributed by atoms with van der Waals surface area (Å²) in [5.41, 5.74) is 0.827. The summed E-state index contributed by atoms with van der Waals surface area (Å²) in [5, 5.41) is 0. The topological polar surface area (TPSA) is 3.24 Å². The van der Waals surface area contributed by atoms with E-state index in [-0.39, 0.29) is 0 Å². The molecule has 0 aliphatic heterocycles. The molecule has 1 spiro atoms. The lowest BCUT2D eigenvalue weighted by atomic mass is 9.55. The second-order valence-corrected chi connectivity index (χ2v) is 8.35. The molecule has 0 bridgehead atoms. The van der Waals surface area contributed by atoms with Crippen LogP contribution in [-0.4, -0.2) is 25.5 Å². The van der Waals surface area contributed by atoms with E-state index in [1.54, 1.807) is 0 Å². The van der Waals surface area contributed by atoms with Crippen molar-refractivity contribution in [3.8, 4) is 0 Å². The van der Waals surface area contributed by atoms with Gasteiger partial charge in [-0.3, -0.25) is 0 Å². The van der Waals surface area contributed by atoms with E-state index in [0.29, 0.717) is 0 Å². The van der Waals surface area contributed by atoms with Crippen LogP contribution in [0, 0.1) is 23.2 Å². The molecule has 0 radical (unpaired) electrons. The van der Waals surface area contributed by atoms with Crippen LogP contribution in [-0.2, 0) is 0 Å². The molecule has 0 N–H and O–H groups in total. The van der Waals surface area contributed by atoms with Crippen molar-refractivity contribution in [2.45, 2.75) is 107 Å². The molecule has 1 heteroatoms. The summed E-state index contributed by atoms with van der Waals surface area (Å²) in [6, 6.07) is 0.